The van der Waals surface area contributed by atoms with Gasteiger partial charge in [-0.15, -0.1) is 23.5 Å². The van der Waals surface area contributed by atoms with E-state index in [1.54, 1.807) is 23.9 Å². The molecule has 1 aliphatic heterocycles. The van der Waals surface area contributed by atoms with Gasteiger partial charge >= 0.3 is 5.97 Å². The molecule has 1 atom stereocenters. The summed E-state index contributed by atoms with van der Waals surface area (Å²) < 4.78 is 32.3. The normalized spacial score (nSPS) is 16.6. The third-order valence-corrected chi connectivity index (χ3v) is 7.08. The quantitative estimate of drug-likeness (QED) is 0.261. The molecule has 4 nitrogen and oxygen atoms in total. The van der Waals surface area contributed by atoms with Gasteiger partial charge in [-0.25, -0.2) is 9.18 Å². The highest BCUT2D eigenvalue weighted by Gasteiger charge is 2.25. The van der Waals surface area contributed by atoms with Crippen molar-refractivity contribution in [2.75, 3.05) is 23.5 Å². The lowest BCUT2D eigenvalue weighted by Crippen LogP contribution is -2.25. The molecule has 2 aromatic rings. The number of hydrogen-bond acceptors (Lipinski definition) is 5. The highest BCUT2D eigenvalue weighted by molar-refractivity contribution is 7.99. The van der Waals surface area contributed by atoms with Gasteiger partial charge in [-0.3, -0.25) is 0 Å². The van der Waals surface area contributed by atoms with Crippen molar-refractivity contribution in [2.45, 2.75) is 36.0 Å². The number of carboxylic acid groups (broad SMARTS) is 1. The largest absolute Gasteiger partial charge is 0.476 e. The Kier molecular flexibility index (Phi) is 8.26. The Balaban J connectivity index is 2.02. The minimum Gasteiger partial charge on any atom is -0.476 e. The monoisotopic (exact) mass is 465 g/mol. The van der Waals surface area contributed by atoms with Gasteiger partial charge in [-0.2, -0.15) is 4.39 Å². The van der Waals surface area contributed by atoms with Gasteiger partial charge in [0.05, 0.1) is 10.6 Å². The average molecular weight is 466 g/mol. The molecule has 0 amide bonds. The van der Waals surface area contributed by atoms with Crippen molar-refractivity contribution in [1.82, 2.24) is 0 Å². The van der Waals surface area contributed by atoms with Crippen molar-refractivity contribution < 1.29 is 23.4 Å². The molecule has 0 saturated heterocycles. The molecule has 0 aromatic heterocycles. The van der Waals surface area contributed by atoms with Crippen molar-refractivity contribution in [3.63, 3.8) is 0 Å². The van der Waals surface area contributed by atoms with E-state index in [0.717, 1.165) is 52.7 Å². The molecule has 1 aliphatic rings. The van der Waals surface area contributed by atoms with Crippen LogP contribution < -0.4 is 9.64 Å². The van der Waals surface area contributed by atoms with E-state index in [0.29, 0.717) is 17.9 Å². The number of nitrogens with zero attached hydrogens (tertiary/aromatic N) is 1. The van der Waals surface area contributed by atoms with Gasteiger partial charge in [0, 0.05) is 22.9 Å². The molecule has 166 valence electrons. The first-order chi connectivity index (χ1) is 14.9. The first kappa shape index (κ1) is 23.5. The zero-order valence-corrected chi connectivity index (χ0v) is 19.1. The first-order valence-electron chi connectivity index (χ1n) is 10.1. The van der Waals surface area contributed by atoms with Crippen LogP contribution in [0.5, 0.6) is 5.75 Å². The predicted molar refractivity (Wildman–Crippen MR) is 123 cm³/mol. The number of halogens is 2. The highest BCUT2D eigenvalue weighted by Crippen LogP contribution is 2.45. The Hall–Kier alpha value is -2.19. The second kappa shape index (κ2) is 10.9. The number of unbranched alkanes of at least 4 members (excludes halogenated alkanes) is 1. The molecule has 31 heavy (non-hydrogen) atoms. The van der Waals surface area contributed by atoms with Crippen LogP contribution in [0.4, 0.5) is 20.2 Å². The van der Waals surface area contributed by atoms with E-state index in [2.05, 4.69) is 11.8 Å². The molecule has 0 aliphatic carbocycles. The molecule has 0 fully saturated rings. The molecule has 1 unspecified atom stereocenters. The summed E-state index contributed by atoms with van der Waals surface area (Å²) in [5.74, 6) is -1.54. The molecule has 0 spiro atoms. The molecular weight excluding hydrogens is 440 g/mol. The molecule has 1 N–H and O–H groups in total. The molecule has 0 saturated carbocycles. The number of ether oxygens (including phenoxy) is 1. The fraction of sp³-hybridized carbons (Fsp3) is 0.348. The fourth-order valence-corrected chi connectivity index (χ4v) is 5.16. The number of benzene rings is 2. The highest BCUT2D eigenvalue weighted by atomic mass is 32.2. The number of hydrogen-bond donors (Lipinski definition) is 1. The van der Waals surface area contributed by atoms with Crippen LogP contribution in [0.3, 0.4) is 0 Å². The second-order valence-electron chi connectivity index (χ2n) is 7.27. The molecule has 2 aromatic carbocycles. The van der Waals surface area contributed by atoms with Crippen LogP contribution in [0.15, 0.2) is 58.3 Å². The van der Waals surface area contributed by atoms with Gasteiger partial charge in [0.1, 0.15) is 17.8 Å². The van der Waals surface area contributed by atoms with Gasteiger partial charge in [0.2, 0.25) is 5.83 Å². The van der Waals surface area contributed by atoms with Crippen molar-refractivity contribution in [2.24, 2.45) is 5.92 Å². The summed E-state index contributed by atoms with van der Waals surface area (Å²) in [6.07, 6.45) is 5.86. The SMILES string of the molecule is CCCCC1CSc2cc(O/C=C(\F)C(=O)O)c(SC)cc2N(c2ccc(F)cc2)C1. The number of rotatable bonds is 8. The van der Waals surface area contributed by atoms with Crippen molar-refractivity contribution in [3.05, 3.63) is 54.3 Å². The first-order valence-corrected chi connectivity index (χ1v) is 12.3. The lowest BCUT2D eigenvalue weighted by Gasteiger charge is -2.28. The summed E-state index contributed by atoms with van der Waals surface area (Å²) in [5.41, 5.74) is 1.89. The molecule has 8 heteroatoms. The van der Waals surface area contributed by atoms with Crippen LogP contribution in [-0.2, 0) is 4.79 Å². The zero-order chi connectivity index (χ0) is 22.4. The maximum Gasteiger partial charge on any atom is 0.368 e. The molecule has 0 radical (unpaired) electrons. The van der Waals surface area contributed by atoms with E-state index in [4.69, 9.17) is 9.84 Å². The maximum atomic E-state index is 13.5. The number of thioether (sulfide) groups is 2. The van der Waals surface area contributed by atoms with Crippen LogP contribution >= 0.6 is 23.5 Å². The van der Waals surface area contributed by atoms with E-state index in [-0.39, 0.29) is 5.82 Å². The van der Waals surface area contributed by atoms with Gasteiger partial charge in [0.25, 0.3) is 0 Å². The van der Waals surface area contributed by atoms with Crippen molar-refractivity contribution in [1.29, 1.82) is 0 Å². The van der Waals surface area contributed by atoms with Crippen LogP contribution in [0, 0.1) is 11.7 Å². The summed E-state index contributed by atoms with van der Waals surface area (Å²) in [6.45, 7) is 2.99. The van der Waals surface area contributed by atoms with Crippen molar-refractivity contribution in [3.8, 4) is 5.75 Å². The summed E-state index contributed by atoms with van der Waals surface area (Å²) in [6, 6.07) is 10.3. The van der Waals surface area contributed by atoms with Crippen LogP contribution in [0.2, 0.25) is 0 Å². The Morgan fingerprint density at radius 2 is 2.10 bits per heavy atom. The number of fused-ring (bicyclic) bond motifs is 1. The van der Waals surface area contributed by atoms with E-state index in [1.807, 2.05) is 18.4 Å². The standard InChI is InChI=1S/C23H25F2NO3S2/c1-3-4-5-15-12-26(17-8-6-16(24)7-9-17)19-10-22(30-2)20(11-21(19)31-14-15)29-13-18(25)23(27)28/h6-11,13,15H,3-5,12,14H2,1-2H3,(H,27,28)/b18-13-. The smallest absolute Gasteiger partial charge is 0.368 e. The lowest BCUT2D eigenvalue weighted by molar-refractivity contribution is -0.134. The van der Waals surface area contributed by atoms with E-state index >= 15 is 0 Å². The maximum absolute atomic E-state index is 13.5. The third kappa shape index (κ3) is 5.95. The molecule has 1 heterocycles. The lowest BCUT2D eigenvalue weighted by atomic mass is 10.0. The third-order valence-electron chi connectivity index (χ3n) is 5.05. The van der Waals surface area contributed by atoms with Gasteiger partial charge in [-0.1, -0.05) is 19.8 Å². The predicted octanol–water partition coefficient (Wildman–Crippen LogP) is 6.87. The molecule has 0 bridgehead atoms. The number of anilines is 2. The number of carbonyl (C=O) groups is 1. The summed E-state index contributed by atoms with van der Waals surface area (Å²) in [7, 11) is 0. The van der Waals surface area contributed by atoms with Gasteiger partial charge in [-0.05, 0) is 55.0 Å². The fourth-order valence-electron chi connectivity index (χ4n) is 3.42. The Bertz CT molecular complexity index is 951. The zero-order valence-electron chi connectivity index (χ0n) is 17.4. The minimum atomic E-state index is -1.67. The van der Waals surface area contributed by atoms with E-state index in [9.17, 15) is 13.6 Å². The molecule has 3 rings (SSSR count). The molecular formula is C23H25F2NO3S2. The minimum absolute atomic E-state index is 0.281. The van der Waals surface area contributed by atoms with Crippen LogP contribution in [0.25, 0.3) is 0 Å². The van der Waals surface area contributed by atoms with E-state index in [1.165, 1.54) is 23.9 Å². The Morgan fingerprint density at radius 3 is 2.74 bits per heavy atom. The Labute approximate surface area is 189 Å². The summed E-state index contributed by atoms with van der Waals surface area (Å²) in [5, 5.41) is 8.73. The van der Waals surface area contributed by atoms with Gasteiger partial charge < -0.3 is 14.7 Å². The Morgan fingerprint density at radius 1 is 1.35 bits per heavy atom. The number of aliphatic carboxylic acids is 1. The van der Waals surface area contributed by atoms with Crippen LogP contribution in [-0.4, -0.2) is 29.6 Å². The summed E-state index contributed by atoms with van der Waals surface area (Å²) >= 11 is 3.14. The van der Waals surface area contributed by atoms with Crippen LogP contribution in [0.1, 0.15) is 26.2 Å². The average Bonchev–Trinajstić information content (AvgIpc) is 2.94. The van der Waals surface area contributed by atoms with Crippen molar-refractivity contribution >= 4 is 40.9 Å². The topological polar surface area (TPSA) is 49.8 Å². The van der Waals surface area contributed by atoms with Gasteiger partial charge in [0.15, 0.2) is 0 Å². The number of carboxylic acids is 1. The summed E-state index contributed by atoms with van der Waals surface area (Å²) in [4.78, 5) is 14.6. The van der Waals surface area contributed by atoms with E-state index < -0.39 is 11.8 Å². The second-order valence-corrected chi connectivity index (χ2v) is 9.18.